The Labute approximate surface area is 178 Å². The number of nitrogens with one attached hydrogen (secondary N) is 1. The van der Waals surface area contributed by atoms with E-state index in [2.05, 4.69) is 10.3 Å². The van der Waals surface area contributed by atoms with E-state index in [0.717, 1.165) is 16.1 Å². The Bertz CT molecular complexity index is 907. The quantitative estimate of drug-likeness (QED) is 0.757. The van der Waals surface area contributed by atoms with E-state index in [1.807, 2.05) is 30.3 Å². The number of likely N-dealkylation sites (tertiary alicyclic amines) is 1. The summed E-state index contributed by atoms with van der Waals surface area (Å²) in [6.45, 7) is 0.550. The first kappa shape index (κ1) is 20.6. The van der Waals surface area contributed by atoms with Gasteiger partial charge in [0.2, 0.25) is 5.91 Å². The van der Waals surface area contributed by atoms with Crippen molar-refractivity contribution in [1.82, 2.24) is 15.2 Å². The maximum atomic E-state index is 13.7. The van der Waals surface area contributed by atoms with E-state index < -0.39 is 18.3 Å². The SMILES string of the molecule is Nc1nc2c(s1)CC([C@H](NC(=O)OCc1ccccc1)C(=O)N1CC[C@H](F)C1)CC2. The van der Waals surface area contributed by atoms with E-state index in [1.54, 1.807) is 0 Å². The first-order valence-electron chi connectivity index (χ1n) is 10.1. The molecule has 2 amide bonds. The normalized spacial score (nSPS) is 21.7. The number of thiazole rings is 1. The number of rotatable bonds is 5. The summed E-state index contributed by atoms with van der Waals surface area (Å²) in [6.07, 6.45) is 0.660. The Morgan fingerprint density at radius 3 is 2.87 bits per heavy atom. The average molecular weight is 433 g/mol. The van der Waals surface area contributed by atoms with Crippen LogP contribution in [0.4, 0.5) is 14.3 Å². The van der Waals surface area contributed by atoms with Crippen molar-refractivity contribution >= 4 is 28.5 Å². The number of nitrogen functional groups attached to an aromatic ring is 1. The smallest absolute Gasteiger partial charge is 0.408 e. The lowest BCUT2D eigenvalue weighted by Crippen LogP contribution is -2.53. The molecule has 1 fully saturated rings. The minimum atomic E-state index is -1.01. The van der Waals surface area contributed by atoms with Gasteiger partial charge < -0.3 is 20.7 Å². The molecule has 1 aliphatic carbocycles. The zero-order valence-electron chi connectivity index (χ0n) is 16.6. The molecule has 0 radical (unpaired) electrons. The van der Waals surface area contributed by atoms with Crippen LogP contribution in [-0.2, 0) is 29.0 Å². The molecule has 1 unspecified atom stereocenters. The fourth-order valence-corrected chi connectivity index (χ4v) is 5.06. The minimum absolute atomic E-state index is 0.0710. The maximum absolute atomic E-state index is 13.7. The van der Waals surface area contributed by atoms with Crippen molar-refractivity contribution in [3.63, 3.8) is 0 Å². The molecule has 3 atom stereocenters. The Morgan fingerprint density at radius 2 is 2.13 bits per heavy atom. The van der Waals surface area contributed by atoms with Crippen molar-refractivity contribution < 1.29 is 18.7 Å². The van der Waals surface area contributed by atoms with Crippen molar-refractivity contribution in [3.8, 4) is 0 Å². The second-order valence-corrected chi connectivity index (χ2v) is 8.89. The maximum Gasteiger partial charge on any atom is 0.408 e. The van der Waals surface area contributed by atoms with E-state index in [4.69, 9.17) is 10.5 Å². The molecule has 30 heavy (non-hydrogen) atoms. The number of amides is 2. The molecule has 0 saturated carbocycles. The van der Waals surface area contributed by atoms with Crippen LogP contribution in [0.3, 0.4) is 0 Å². The average Bonchev–Trinajstić information content (AvgIpc) is 3.34. The van der Waals surface area contributed by atoms with Crippen LogP contribution in [0.15, 0.2) is 30.3 Å². The summed E-state index contributed by atoms with van der Waals surface area (Å²) in [6, 6.07) is 8.57. The van der Waals surface area contributed by atoms with Crippen LogP contribution in [0.1, 0.15) is 29.0 Å². The fraction of sp³-hybridized carbons (Fsp3) is 0.476. The third-order valence-electron chi connectivity index (χ3n) is 5.66. The second kappa shape index (κ2) is 8.99. The number of aromatic nitrogens is 1. The van der Waals surface area contributed by atoms with Gasteiger partial charge in [-0.05, 0) is 37.2 Å². The van der Waals surface area contributed by atoms with Crippen LogP contribution in [0.5, 0.6) is 0 Å². The lowest BCUT2D eigenvalue weighted by Gasteiger charge is -2.32. The highest BCUT2D eigenvalue weighted by molar-refractivity contribution is 7.15. The van der Waals surface area contributed by atoms with E-state index in [1.165, 1.54) is 16.2 Å². The van der Waals surface area contributed by atoms with Crippen molar-refractivity contribution in [2.24, 2.45) is 5.92 Å². The van der Waals surface area contributed by atoms with Crippen molar-refractivity contribution in [3.05, 3.63) is 46.5 Å². The minimum Gasteiger partial charge on any atom is -0.445 e. The van der Waals surface area contributed by atoms with Gasteiger partial charge in [-0.2, -0.15) is 0 Å². The third-order valence-corrected chi connectivity index (χ3v) is 6.61. The monoisotopic (exact) mass is 432 g/mol. The van der Waals surface area contributed by atoms with Crippen LogP contribution in [0.2, 0.25) is 0 Å². The Morgan fingerprint density at radius 1 is 1.33 bits per heavy atom. The van der Waals surface area contributed by atoms with E-state index in [-0.39, 0.29) is 25.0 Å². The molecular weight excluding hydrogens is 407 g/mol. The lowest BCUT2D eigenvalue weighted by atomic mass is 9.84. The van der Waals surface area contributed by atoms with Crippen molar-refractivity contribution in [2.75, 3.05) is 18.8 Å². The first-order chi connectivity index (χ1) is 14.5. The molecule has 4 rings (SSSR count). The zero-order valence-corrected chi connectivity index (χ0v) is 17.4. The van der Waals surface area contributed by atoms with E-state index >= 15 is 0 Å². The number of aryl methyl sites for hydroxylation is 1. The van der Waals surface area contributed by atoms with Gasteiger partial charge >= 0.3 is 6.09 Å². The van der Waals surface area contributed by atoms with Gasteiger partial charge in [-0.25, -0.2) is 14.2 Å². The number of anilines is 1. The Balaban J connectivity index is 1.45. The highest BCUT2D eigenvalue weighted by atomic mass is 32.1. The van der Waals surface area contributed by atoms with E-state index in [0.29, 0.717) is 37.4 Å². The number of carbonyl (C=O) groups excluding carboxylic acids is 2. The molecule has 7 nitrogen and oxygen atoms in total. The molecular formula is C21H25FN4O3S. The van der Waals surface area contributed by atoms with Crippen LogP contribution in [0, 0.1) is 5.92 Å². The number of ether oxygens (including phenoxy) is 1. The molecule has 0 spiro atoms. The summed E-state index contributed by atoms with van der Waals surface area (Å²) in [5.74, 6) is -0.370. The zero-order chi connectivity index (χ0) is 21.1. The van der Waals surface area contributed by atoms with Crippen LogP contribution < -0.4 is 11.1 Å². The largest absolute Gasteiger partial charge is 0.445 e. The predicted molar refractivity (Wildman–Crippen MR) is 112 cm³/mol. The van der Waals surface area contributed by atoms with Crippen LogP contribution in [-0.4, -0.2) is 47.2 Å². The molecule has 2 aromatic rings. The number of benzene rings is 1. The number of hydrogen-bond acceptors (Lipinski definition) is 6. The number of nitrogens with zero attached hydrogens (tertiary/aromatic N) is 2. The second-order valence-electron chi connectivity index (χ2n) is 7.78. The molecule has 1 aliphatic heterocycles. The summed E-state index contributed by atoms with van der Waals surface area (Å²) in [4.78, 5) is 32.6. The molecule has 3 N–H and O–H groups in total. The molecule has 2 aliphatic rings. The number of nitrogens with two attached hydrogens (primary N) is 1. The van der Waals surface area contributed by atoms with Gasteiger partial charge in [-0.15, -0.1) is 11.3 Å². The molecule has 0 bridgehead atoms. The van der Waals surface area contributed by atoms with Gasteiger partial charge in [0.1, 0.15) is 18.8 Å². The molecule has 1 aromatic carbocycles. The highest BCUT2D eigenvalue weighted by Gasteiger charge is 2.38. The summed E-state index contributed by atoms with van der Waals surface area (Å²) < 4.78 is 19.0. The van der Waals surface area contributed by atoms with Gasteiger partial charge in [0, 0.05) is 11.4 Å². The van der Waals surface area contributed by atoms with E-state index in [9.17, 15) is 14.0 Å². The van der Waals surface area contributed by atoms with Gasteiger partial charge in [0.05, 0.1) is 12.2 Å². The molecule has 9 heteroatoms. The predicted octanol–water partition coefficient (Wildman–Crippen LogP) is 2.70. The van der Waals surface area contributed by atoms with Gasteiger partial charge in [-0.3, -0.25) is 4.79 Å². The number of halogens is 1. The topological polar surface area (TPSA) is 97.5 Å². The number of alkyl carbamates (subject to hydrolysis) is 1. The first-order valence-corrected chi connectivity index (χ1v) is 11.0. The van der Waals surface area contributed by atoms with Crippen molar-refractivity contribution in [1.29, 1.82) is 0 Å². The number of fused-ring (bicyclic) bond motifs is 1. The standard InChI is InChI=1S/C21H25FN4O3S/c22-15-8-9-26(11-15)19(27)18(14-6-7-16-17(10-14)30-20(23)24-16)25-21(28)29-12-13-4-2-1-3-5-13/h1-5,14-15,18H,6-12H2,(H2,23,24)(H,25,28)/t14?,15-,18-/m0/s1. The number of hydrogen-bond donors (Lipinski definition) is 2. The highest BCUT2D eigenvalue weighted by Crippen LogP contribution is 2.33. The molecule has 160 valence electrons. The van der Waals surface area contributed by atoms with Crippen molar-refractivity contribution in [2.45, 2.75) is 44.5 Å². The fourth-order valence-electron chi connectivity index (χ4n) is 4.09. The lowest BCUT2D eigenvalue weighted by molar-refractivity contribution is -0.134. The van der Waals surface area contributed by atoms with Gasteiger partial charge in [-0.1, -0.05) is 30.3 Å². The molecule has 1 aromatic heterocycles. The molecule has 1 saturated heterocycles. The van der Waals surface area contributed by atoms with Crippen LogP contribution in [0.25, 0.3) is 0 Å². The van der Waals surface area contributed by atoms with Gasteiger partial charge in [0.15, 0.2) is 5.13 Å². The number of carbonyl (C=O) groups is 2. The summed E-state index contributed by atoms with van der Waals surface area (Å²) >= 11 is 1.42. The summed E-state index contributed by atoms with van der Waals surface area (Å²) in [5.41, 5.74) is 7.66. The Hall–Kier alpha value is -2.68. The Kier molecular flexibility index (Phi) is 6.17. The molecule has 2 heterocycles. The van der Waals surface area contributed by atoms with Crippen LogP contribution >= 0.6 is 11.3 Å². The summed E-state index contributed by atoms with van der Waals surface area (Å²) in [5, 5.41) is 3.28. The third kappa shape index (κ3) is 4.72. The summed E-state index contributed by atoms with van der Waals surface area (Å²) in [7, 11) is 0. The number of alkyl halides is 1. The van der Waals surface area contributed by atoms with Gasteiger partial charge in [0.25, 0.3) is 0 Å².